The van der Waals surface area contributed by atoms with Crippen molar-refractivity contribution in [2.45, 2.75) is 32.9 Å². The normalized spacial score (nSPS) is 23.7. The fraction of sp³-hybridized carbons (Fsp3) is 0.667. The number of aromatic nitrogens is 2. The van der Waals surface area contributed by atoms with E-state index in [1.807, 2.05) is 18.9 Å². The lowest BCUT2D eigenvalue weighted by Gasteiger charge is -2.36. The molecule has 2 atom stereocenters. The zero-order valence-electron chi connectivity index (χ0n) is 11.3. The molecule has 1 amide bonds. The minimum Gasteiger partial charge on any atom is -0.335 e. The lowest BCUT2D eigenvalue weighted by Crippen LogP contribution is -2.55. The van der Waals surface area contributed by atoms with Gasteiger partial charge in [-0.05, 0) is 20.8 Å². The summed E-state index contributed by atoms with van der Waals surface area (Å²) in [6.07, 6.45) is 1.66. The lowest BCUT2D eigenvalue weighted by atomic mass is 10.1. The minimum atomic E-state index is 0. The van der Waals surface area contributed by atoms with Crippen LogP contribution in [0.4, 0.5) is 0 Å². The zero-order chi connectivity index (χ0) is 12.6. The number of aryl methyl sites for hydroxylation is 1. The summed E-state index contributed by atoms with van der Waals surface area (Å²) in [7, 11) is 1.86. The molecule has 102 valence electrons. The highest BCUT2D eigenvalue weighted by Gasteiger charge is 2.27. The first-order valence-corrected chi connectivity index (χ1v) is 6.03. The van der Waals surface area contributed by atoms with Gasteiger partial charge in [-0.15, -0.1) is 12.4 Å². The summed E-state index contributed by atoms with van der Waals surface area (Å²) in [5.74, 6) is 0.0933. The summed E-state index contributed by atoms with van der Waals surface area (Å²) in [5, 5.41) is 7.54. The first-order chi connectivity index (χ1) is 7.99. The number of hydrogen-bond acceptors (Lipinski definition) is 3. The van der Waals surface area contributed by atoms with Crippen LogP contribution in [0.5, 0.6) is 0 Å². The Hall–Kier alpha value is -1.07. The average Bonchev–Trinajstić information content (AvgIpc) is 2.57. The molecule has 0 spiro atoms. The molecule has 0 bridgehead atoms. The number of nitrogens with one attached hydrogen (secondary N) is 1. The van der Waals surface area contributed by atoms with Crippen LogP contribution in [0.15, 0.2) is 6.20 Å². The molecule has 1 aliphatic rings. The molecule has 1 aliphatic heterocycles. The Kier molecular flexibility index (Phi) is 4.76. The van der Waals surface area contributed by atoms with E-state index in [-0.39, 0.29) is 18.3 Å². The first kappa shape index (κ1) is 15.0. The molecule has 1 N–H and O–H groups in total. The summed E-state index contributed by atoms with van der Waals surface area (Å²) < 4.78 is 1.74. The van der Waals surface area contributed by atoms with Crippen molar-refractivity contribution in [1.82, 2.24) is 20.0 Å². The molecule has 0 radical (unpaired) electrons. The Morgan fingerprint density at radius 2 is 1.94 bits per heavy atom. The standard InChI is InChI=1S/C12H20N4O.ClH/c1-8-6-16(7-9(2)14-8)12(17)11-5-13-15(4)10(11)3;/h5,8-9,14H,6-7H2,1-4H3;1H. The number of carbonyl (C=O) groups excluding carboxylic acids is 1. The van der Waals surface area contributed by atoms with Crippen LogP contribution >= 0.6 is 12.4 Å². The average molecular weight is 273 g/mol. The van der Waals surface area contributed by atoms with Crippen LogP contribution in [0.2, 0.25) is 0 Å². The molecule has 1 aromatic rings. The predicted octanol–water partition coefficient (Wildman–Crippen LogP) is 0.973. The summed E-state index contributed by atoms with van der Waals surface area (Å²) >= 11 is 0. The number of amides is 1. The van der Waals surface area contributed by atoms with Crippen LogP contribution in [-0.2, 0) is 7.05 Å². The molecule has 1 fully saturated rings. The second kappa shape index (κ2) is 5.71. The summed E-state index contributed by atoms with van der Waals surface area (Å²) in [6, 6.07) is 0.694. The van der Waals surface area contributed by atoms with Crippen LogP contribution in [0.25, 0.3) is 0 Å². The SMILES string of the molecule is Cc1c(C(=O)N2CC(C)NC(C)C2)cnn1C.Cl. The van der Waals surface area contributed by atoms with Gasteiger partial charge in [0.1, 0.15) is 0 Å². The Bertz CT molecular complexity index is 422. The Morgan fingerprint density at radius 1 is 1.39 bits per heavy atom. The van der Waals surface area contributed by atoms with Crippen molar-refractivity contribution >= 4 is 18.3 Å². The fourth-order valence-electron chi connectivity index (χ4n) is 2.37. The highest BCUT2D eigenvalue weighted by atomic mass is 35.5. The maximum atomic E-state index is 12.4. The van der Waals surface area contributed by atoms with E-state index in [4.69, 9.17) is 0 Å². The Balaban J connectivity index is 0.00000162. The molecule has 2 unspecified atom stereocenters. The molecule has 1 aromatic heterocycles. The number of carbonyl (C=O) groups is 1. The molecular weight excluding hydrogens is 252 g/mol. The summed E-state index contributed by atoms with van der Waals surface area (Å²) in [6.45, 7) is 7.66. The summed E-state index contributed by atoms with van der Waals surface area (Å²) in [4.78, 5) is 14.3. The molecule has 18 heavy (non-hydrogen) atoms. The third kappa shape index (κ3) is 2.84. The maximum Gasteiger partial charge on any atom is 0.257 e. The smallest absolute Gasteiger partial charge is 0.257 e. The van der Waals surface area contributed by atoms with E-state index in [1.54, 1.807) is 10.9 Å². The molecule has 2 heterocycles. The van der Waals surface area contributed by atoms with Crippen LogP contribution in [0.1, 0.15) is 29.9 Å². The van der Waals surface area contributed by atoms with E-state index in [1.165, 1.54) is 0 Å². The van der Waals surface area contributed by atoms with E-state index in [9.17, 15) is 4.79 Å². The van der Waals surface area contributed by atoms with Gasteiger partial charge in [-0.1, -0.05) is 0 Å². The maximum absolute atomic E-state index is 12.4. The van der Waals surface area contributed by atoms with Gasteiger partial charge in [0, 0.05) is 37.9 Å². The second-order valence-electron chi connectivity index (χ2n) is 4.95. The molecule has 6 heteroatoms. The first-order valence-electron chi connectivity index (χ1n) is 6.03. The minimum absolute atomic E-state index is 0. The van der Waals surface area contributed by atoms with E-state index < -0.39 is 0 Å². The van der Waals surface area contributed by atoms with Gasteiger partial charge in [0.2, 0.25) is 0 Å². The topological polar surface area (TPSA) is 50.2 Å². The van der Waals surface area contributed by atoms with Gasteiger partial charge in [0.15, 0.2) is 0 Å². The largest absolute Gasteiger partial charge is 0.335 e. The van der Waals surface area contributed by atoms with E-state index in [0.717, 1.165) is 18.8 Å². The van der Waals surface area contributed by atoms with Crippen molar-refractivity contribution in [1.29, 1.82) is 0 Å². The molecule has 5 nitrogen and oxygen atoms in total. The number of rotatable bonds is 1. The molecular formula is C12H21ClN4O. The van der Waals surface area contributed by atoms with Gasteiger partial charge in [0.25, 0.3) is 5.91 Å². The monoisotopic (exact) mass is 272 g/mol. The summed E-state index contributed by atoms with van der Waals surface area (Å²) in [5.41, 5.74) is 1.64. The van der Waals surface area contributed by atoms with Gasteiger partial charge < -0.3 is 10.2 Å². The van der Waals surface area contributed by atoms with E-state index >= 15 is 0 Å². The molecule has 0 saturated carbocycles. The quantitative estimate of drug-likeness (QED) is 0.829. The van der Waals surface area contributed by atoms with Crippen LogP contribution < -0.4 is 5.32 Å². The predicted molar refractivity (Wildman–Crippen MR) is 73.2 cm³/mol. The molecule has 1 saturated heterocycles. The molecule has 0 aromatic carbocycles. The molecule has 0 aliphatic carbocycles. The van der Waals surface area contributed by atoms with Crippen LogP contribution in [0, 0.1) is 6.92 Å². The second-order valence-corrected chi connectivity index (χ2v) is 4.95. The number of hydrogen-bond donors (Lipinski definition) is 1. The van der Waals surface area contributed by atoms with Gasteiger partial charge in [0.05, 0.1) is 11.8 Å². The lowest BCUT2D eigenvalue weighted by molar-refractivity contribution is 0.0673. The van der Waals surface area contributed by atoms with Gasteiger partial charge >= 0.3 is 0 Å². The van der Waals surface area contributed by atoms with E-state index in [0.29, 0.717) is 17.6 Å². The number of halogens is 1. The van der Waals surface area contributed by atoms with Gasteiger partial charge in [-0.25, -0.2) is 0 Å². The van der Waals surface area contributed by atoms with Crippen molar-refractivity contribution in [3.63, 3.8) is 0 Å². The van der Waals surface area contributed by atoms with Crippen molar-refractivity contribution in [2.24, 2.45) is 7.05 Å². The highest BCUT2D eigenvalue weighted by molar-refractivity contribution is 5.95. The third-order valence-electron chi connectivity index (χ3n) is 3.31. The zero-order valence-corrected chi connectivity index (χ0v) is 12.1. The molecule has 2 rings (SSSR count). The van der Waals surface area contributed by atoms with E-state index in [2.05, 4.69) is 24.3 Å². The highest BCUT2D eigenvalue weighted by Crippen LogP contribution is 2.13. The van der Waals surface area contributed by atoms with Crippen molar-refractivity contribution < 1.29 is 4.79 Å². The fourth-order valence-corrected chi connectivity index (χ4v) is 2.37. The third-order valence-corrected chi connectivity index (χ3v) is 3.31. The van der Waals surface area contributed by atoms with Crippen molar-refractivity contribution in [3.8, 4) is 0 Å². The van der Waals surface area contributed by atoms with Crippen molar-refractivity contribution in [2.75, 3.05) is 13.1 Å². The number of nitrogens with zero attached hydrogens (tertiary/aromatic N) is 3. The van der Waals surface area contributed by atoms with Gasteiger partial charge in [-0.2, -0.15) is 5.10 Å². The van der Waals surface area contributed by atoms with Crippen LogP contribution in [0.3, 0.4) is 0 Å². The van der Waals surface area contributed by atoms with Crippen LogP contribution in [-0.4, -0.2) is 45.8 Å². The van der Waals surface area contributed by atoms with Gasteiger partial charge in [-0.3, -0.25) is 9.48 Å². The number of piperazine rings is 1. The van der Waals surface area contributed by atoms with Crippen molar-refractivity contribution in [3.05, 3.63) is 17.5 Å². The Labute approximate surface area is 114 Å². The Morgan fingerprint density at radius 3 is 2.39 bits per heavy atom.